The summed E-state index contributed by atoms with van der Waals surface area (Å²) in [7, 11) is 1.27. The summed E-state index contributed by atoms with van der Waals surface area (Å²) in [5.41, 5.74) is -0.247. The van der Waals surface area contributed by atoms with Gasteiger partial charge in [-0.05, 0) is 12.1 Å². The number of carbonyl (C=O) groups excluding carboxylic acids is 1. The van der Waals surface area contributed by atoms with Gasteiger partial charge in [-0.25, -0.2) is 13.2 Å². The summed E-state index contributed by atoms with van der Waals surface area (Å²) in [5.74, 6) is -4.96. The van der Waals surface area contributed by atoms with Gasteiger partial charge in [-0.3, -0.25) is 4.79 Å². The van der Waals surface area contributed by atoms with Gasteiger partial charge in [0.2, 0.25) is 0 Å². The summed E-state index contributed by atoms with van der Waals surface area (Å²) in [6.45, 7) is -0.301. The van der Waals surface area contributed by atoms with E-state index in [0.717, 1.165) is 0 Å². The highest BCUT2D eigenvalue weighted by Crippen LogP contribution is 2.13. The van der Waals surface area contributed by atoms with Crippen molar-refractivity contribution in [3.05, 3.63) is 35.1 Å². The summed E-state index contributed by atoms with van der Waals surface area (Å²) < 4.78 is 42.2. The van der Waals surface area contributed by atoms with Crippen LogP contribution in [0.5, 0.6) is 0 Å². The number of hydrogen-bond donors (Lipinski definition) is 0. The zero-order chi connectivity index (χ0) is 10.7. The molecular weight excluding hydrogens is 197 g/mol. The van der Waals surface area contributed by atoms with Crippen molar-refractivity contribution < 1.29 is 22.7 Å². The van der Waals surface area contributed by atoms with Crippen LogP contribution in [-0.4, -0.2) is 19.5 Å². The second-order valence-electron chi connectivity index (χ2n) is 2.61. The maximum absolute atomic E-state index is 12.6. The quantitative estimate of drug-likeness (QED) is 0.555. The Morgan fingerprint density at radius 1 is 1.29 bits per heavy atom. The Morgan fingerprint density at radius 2 is 1.79 bits per heavy atom. The largest absolute Gasteiger partial charge is 0.377 e. The van der Waals surface area contributed by atoms with Crippen LogP contribution in [0.25, 0.3) is 0 Å². The fourth-order valence-electron chi connectivity index (χ4n) is 0.931. The molecular formula is C9H7F3O2. The molecule has 0 aliphatic rings. The lowest BCUT2D eigenvalue weighted by Crippen LogP contribution is -2.08. The van der Waals surface area contributed by atoms with Crippen LogP contribution < -0.4 is 0 Å². The summed E-state index contributed by atoms with van der Waals surface area (Å²) in [5, 5.41) is 0. The number of ether oxygens (including phenoxy) is 1. The first kappa shape index (κ1) is 10.7. The number of halogens is 3. The highest BCUT2D eigenvalue weighted by atomic mass is 19.2. The van der Waals surface area contributed by atoms with Crippen molar-refractivity contribution >= 4 is 5.78 Å². The molecule has 0 N–H and O–H groups in total. The number of methoxy groups -OCH3 is 1. The first-order valence-corrected chi connectivity index (χ1v) is 3.73. The monoisotopic (exact) mass is 204 g/mol. The number of hydrogen-bond acceptors (Lipinski definition) is 2. The van der Waals surface area contributed by atoms with Crippen molar-refractivity contribution in [2.24, 2.45) is 0 Å². The van der Waals surface area contributed by atoms with E-state index in [0.29, 0.717) is 12.1 Å². The Kier molecular flexibility index (Phi) is 3.24. The fourth-order valence-corrected chi connectivity index (χ4v) is 0.931. The Balaban J connectivity index is 3.06. The van der Waals surface area contributed by atoms with E-state index in [9.17, 15) is 18.0 Å². The second-order valence-corrected chi connectivity index (χ2v) is 2.61. The number of Topliss-reactive ketones (excluding diaryl/α,β-unsaturated/α-hetero) is 1. The van der Waals surface area contributed by atoms with E-state index in [1.807, 2.05) is 0 Å². The lowest BCUT2D eigenvalue weighted by molar-refractivity contribution is 0.0847. The Labute approximate surface area is 78.3 Å². The lowest BCUT2D eigenvalue weighted by atomic mass is 10.1. The molecule has 5 heteroatoms. The predicted octanol–water partition coefficient (Wildman–Crippen LogP) is 1.93. The van der Waals surface area contributed by atoms with Crippen LogP contribution in [0.2, 0.25) is 0 Å². The lowest BCUT2D eigenvalue weighted by Gasteiger charge is -2.01. The average Bonchev–Trinajstić information content (AvgIpc) is 2.13. The molecule has 0 saturated carbocycles. The van der Waals surface area contributed by atoms with Gasteiger partial charge in [0.1, 0.15) is 6.61 Å². The predicted molar refractivity (Wildman–Crippen MR) is 42.5 cm³/mol. The minimum atomic E-state index is -1.58. The summed E-state index contributed by atoms with van der Waals surface area (Å²) in [6.07, 6.45) is 0. The van der Waals surface area contributed by atoms with Gasteiger partial charge in [-0.1, -0.05) is 0 Å². The van der Waals surface area contributed by atoms with Gasteiger partial charge in [-0.15, -0.1) is 0 Å². The van der Waals surface area contributed by atoms with Gasteiger partial charge in [0.25, 0.3) is 0 Å². The zero-order valence-electron chi connectivity index (χ0n) is 7.31. The van der Waals surface area contributed by atoms with Crippen molar-refractivity contribution in [1.82, 2.24) is 0 Å². The summed E-state index contributed by atoms with van der Waals surface area (Å²) in [4.78, 5) is 11.1. The third-order valence-electron chi connectivity index (χ3n) is 1.58. The molecule has 76 valence electrons. The molecule has 0 atom stereocenters. The van der Waals surface area contributed by atoms with Crippen LogP contribution >= 0.6 is 0 Å². The zero-order valence-corrected chi connectivity index (χ0v) is 7.31. The van der Waals surface area contributed by atoms with E-state index in [1.54, 1.807) is 0 Å². The van der Waals surface area contributed by atoms with Crippen LogP contribution in [0.1, 0.15) is 10.4 Å². The summed E-state index contributed by atoms with van der Waals surface area (Å²) in [6, 6.07) is 1.28. The third-order valence-corrected chi connectivity index (χ3v) is 1.58. The topological polar surface area (TPSA) is 26.3 Å². The molecule has 2 nitrogen and oxygen atoms in total. The Hall–Kier alpha value is -1.36. The number of rotatable bonds is 3. The highest BCUT2D eigenvalue weighted by Gasteiger charge is 2.14. The minimum Gasteiger partial charge on any atom is -0.377 e. The van der Waals surface area contributed by atoms with Crippen LogP contribution in [0, 0.1) is 17.5 Å². The van der Waals surface area contributed by atoms with Gasteiger partial charge >= 0.3 is 0 Å². The number of ketones is 1. The van der Waals surface area contributed by atoms with Crippen LogP contribution in [0.4, 0.5) is 13.2 Å². The van der Waals surface area contributed by atoms with Crippen LogP contribution in [0.15, 0.2) is 12.1 Å². The van der Waals surface area contributed by atoms with Crippen molar-refractivity contribution in [3.8, 4) is 0 Å². The van der Waals surface area contributed by atoms with Crippen LogP contribution in [-0.2, 0) is 4.74 Å². The first-order chi connectivity index (χ1) is 6.56. The smallest absolute Gasteiger partial charge is 0.194 e. The maximum atomic E-state index is 12.6. The molecule has 1 aromatic rings. The Morgan fingerprint density at radius 3 is 2.21 bits per heavy atom. The summed E-state index contributed by atoms with van der Waals surface area (Å²) >= 11 is 0. The molecule has 0 saturated heterocycles. The molecule has 0 amide bonds. The normalized spacial score (nSPS) is 10.3. The third kappa shape index (κ3) is 2.11. The van der Waals surface area contributed by atoms with E-state index >= 15 is 0 Å². The molecule has 0 radical (unpaired) electrons. The SMILES string of the molecule is COCC(=O)c1cc(F)c(F)c(F)c1. The molecule has 0 spiro atoms. The van der Waals surface area contributed by atoms with Gasteiger partial charge in [0, 0.05) is 12.7 Å². The van der Waals surface area contributed by atoms with Gasteiger partial charge in [-0.2, -0.15) is 0 Å². The number of carbonyl (C=O) groups is 1. The molecule has 0 fully saturated rings. The molecule has 1 aromatic carbocycles. The fraction of sp³-hybridized carbons (Fsp3) is 0.222. The molecule has 0 heterocycles. The standard InChI is InChI=1S/C9H7F3O2/c1-14-4-8(13)5-2-6(10)9(12)7(11)3-5/h2-3H,4H2,1H3. The molecule has 0 aliphatic carbocycles. The average molecular weight is 204 g/mol. The van der Waals surface area contributed by atoms with Crippen LogP contribution in [0.3, 0.4) is 0 Å². The van der Waals surface area contributed by atoms with Crippen molar-refractivity contribution in [1.29, 1.82) is 0 Å². The maximum Gasteiger partial charge on any atom is 0.194 e. The molecule has 0 aliphatic heterocycles. The molecule has 1 rings (SSSR count). The molecule has 14 heavy (non-hydrogen) atoms. The second kappa shape index (κ2) is 4.23. The van der Waals surface area contributed by atoms with Crippen molar-refractivity contribution in [2.75, 3.05) is 13.7 Å². The number of benzene rings is 1. The van der Waals surface area contributed by atoms with E-state index in [2.05, 4.69) is 4.74 Å². The van der Waals surface area contributed by atoms with E-state index in [4.69, 9.17) is 0 Å². The highest BCUT2D eigenvalue weighted by molar-refractivity contribution is 5.97. The van der Waals surface area contributed by atoms with Gasteiger partial charge < -0.3 is 4.74 Å². The molecule has 0 aromatic heterocycles. The van der Waals surface area contributed by atoms with E-state index in [-0.39, 0.29) is 12.2 Å². The van der Waals surface area contributed by atoms with Gasteiger partial charge in [0.05, 0.1) is 0 Å². The van der Waals surface area contributed by atoms with E-state index in [1.165, 1.54) is 7.11 Å². The van der Waals surface area contributed by atoms with Crippen molar-refractivity contribution in [3.63, 3.8) is 0 Å². The molecule has 0 unspecified atom stereocenters. The van der Waals surface area contributed by atoms with Gasteiger partial charge in [0.15, 0.2) is 23.2 Å². The molecule has 0 bridgehead atoms. The van der Waals surface area contributed by atoms with Crippen molar-refractivity contribution in [2.45, 2.75) is 0 Å². The minimum absolute atomic E-state index is 0.247. The first-order valence-electron chi connectivity index (χ1n) is 3.73. The van der Waals surface area contributed by atoms with E-state index < -0.39 is 23.2 Å². The Bertz CT molecular complexity index is 340.